The second-order valence-corrected chi connectivity index (χ2v) is 10.2. The summed E-state index contributed by atoms with van der Waals surface area (Å²) in [5.41, 5.74) is 12.4. The van der Waals surface area contributed by atoms with Crippen LogP contribution in [0.1, 0.15) is 72.6 Å². The number of aromatic nitrogens is 4. The fourth-order valence-electron chi connectivity index (χ4n) is 5.15. The summed E-state index contributed by atoms with van der Waals surface area (Å²) >= 11 is 0. The Morgan fingerprint density at radius 3 is 2.15 bits per heavy atom. The number of nitrogens with zero attached hydrogens (tertiary/aromatic N) is 4. The van der Waals surface area contributed by atoms with Gasteiger partial charge in [-0.2, -0.15) is 0 Å². The van der Waals surface area contributed by atoms with Gasteiger partial charge in [0.05, 0.1) is 37.0 Å². The van der Waals surface area contributed by atoms with E-state index in [0.717, 1.165) is 78.3 Å². The number of hydrogen-bond acceptors (Lipinski definition) is 6. The summed E-state index contributed by atoms with van der Waals surface area (Å²) in [4.78, 5) is 43.7. The van der Waals surface area contributed by atoms with Crippen molar-refractivity contribution in [2.45, 2.75) is 53.4 Å². The number of allylic oxidation sites excluding steroid dienone is 3. The van der Waals surface area contributed by atoms with E-state index in [4.69, 9.17) is 29.4 Å². The Balaban J connectivity index is 0.00000387. The van der Waals surface area contributed by atoms with Crippen molar-refractivity contribution in [1.29, 1.82) is 0 Å². The third kappa shape index (κ3) is 6.21. The number of fused-ring (bicyclic) bond motifs is 8. The van der Waals surface area contributed by atoms with E-state index in [1.807, 2.05) is 64.1 Å². The van der Waals surface area contributed by atoms with Crippen molar-refractivity contribution < 1.29 is 36.1 Å². The Bertz CT molecular complexity index is 1760. The van der Waals surface area contributed by atoms with Gasteiger partial charge in [-0.15, -0.1) is 22.1 Å². The Labute approximate surface area is 249 Å². The number of rotatable bonds is 6. The van der Waals surface area contributed by atoms with Gasteiger partial charge in [0.25, 0.3) is 0 Å². The third-order valence-corrected chi connectivity index (χ3v) is 7.54. The Morgan fingerprint density at radius 1 is 0.756 bits per heavy atom. The molecule has 0 aromatic carbocycles. The van der Waals surface area contributed by atoms with Gasteiger partial charge in [0.15, 0.2) is 0 Å². The van der Waals surface area contributed by atoms with E-state index in [0.29, 0.717) is 12.8 Å². The molecule has 0 saturated carbocycles. The molecule has 0 fully saturated rings. The zero-order valence-corrected chi connectivity index (χ0v) is 25.3. The molecular formula is C32H32MnN4O4. The summed E-state index contributed by atoms with van der Waals surface area (Å²) in [7, 11) is 2.79. The molecule has 5 heterocycles. The molecule has 2 aliphatic heterocycles. The largest absolute Gasteiger partial charge is 2.00 e. The summed E-state index contributed by atoms with van der Waals surface area (Å²) in [6.45, 7) is 8.10. The molecular weight excluding hydrogens is 559 g/mol. The van der Waals surface area contributed by atoms with Gasteiger partial charge < -0.3 is 19.4 Å². The molecule has 9 heteroatoms. The van der Waals surface area contributed by atoms with Gasteiger partial charge in [0.2, 0.25) is 0 Å². The molecule has 5 rings (SSSR count). The van der Waals surface area contributed by atoms with Gasteiger partial charge >= 0.3 is 29.0 Å². The Kier molecular flexibility index (Phi) is 9.00. The zero-order valence-electron chi connectivity index (χ0n) is 24.1. The molecule has 8 bridgehead atoms. The molecule has 0 spiro atoms. The number of esters is 2. The quantitative estimate of drug-likeness (QED) is 0.264. The van der Waals surface area contributed by atoms with Crippen LogP contribution in [0, 0.1) is 13.8 Å². The van der Waals surface area contributed by atoms with Gasteiger partial charge in [0, 0.05) is 12.8 Å². The van der Waals surface area contributed by atoms with E-state index in [9.17, 15) is 9.59 Å². The first-order chi connectivity index (χ1) is 19.2. The maximum Gasteiger partial charge on any atom is 2.00 e. The van der Waals surface area contributed by atoms with Gasteiger partial charge in [-0.05, 0) is 63.3 Å². The van der Waals surface area contributed by atoms with Crippen molar-refractivity contribution in [2.24, 2.45) is 0 Å². The van der Waals surface area contributed by atoms with Crippen LogP contribution in [0.2, 0.25) is 0 Å². The van der Waals surface area contributed by atoms with E-state index in [-0.39, 0.29) is 41.8 Å². The van der Waals surface area contributed by atoms with Gasteiger partial charge in [-0.1, -0.05) is 47.0 Å². The minimum Gasteiger partial charge on any atom is -0.658 e. The van der Waals surface area contributed by atoms with E-state index in [1.54, 1.807) is 0 Å². The fraction of sp³-hybridized carbons (Fsp3) is 0.312. The standard InChI is InChI=1S/C32H32N4O4.Mn/c1-17-11-22-14-27-19(3)23(7-9-31(37)39-5)29(35-27)16-30-24(8-10-32(38)40-6)20(4)28(36-30)15-26-18(2)12-21(34-26)13-25(17)33-22;/h11-16H,7-10H2,1-6H3;/q-2;+2. The molecule has 0 unspecified atom stereocenters. The minimum absolute atomic E-state index is 0. The molecule has 211 valence electrons. The van der Waals surface area contributed by atoms with Crippen molar-refractivity contribution in [1.82, 2.24) is 19.9 Å². The normalized spacial score (nSPS) is 12.6. The van der Waals surface area contributed by atoms with Crippen LogP contribution in [0.25, 0.3) is 44.9 Å². The van der Waals surface area contributed by atoms with Crippen LogP contribution in [-0.2, 0) is 42.6 Å². The summed E-state index contributed by atoms with van der Waals surface area (Å²) in [5.74, 6) is -0.558. The van der Waals surface area contributed by atoms with Crippen molar-refractivity contribution in [3.63, 3.8) is 0 Å². The van der Waals surface area contributed by atoms with Crippen LogP contribution >= 0.6 is 0 Å². The maximum absolute atomic E-state index is 12.0. The SMILES string of the molecule is COC(=O)CCC1=C(C)c2cc3[n-]c(cc4nc(cc5[n-]c(cc1n2)c(CCC(=O)OC)c5C)C=C4C)cc3C.[Mn+2]. The summed E-state index contributed by atoms with van der Waals surface area (Å²) in [6.07, 6.45) is 3.47. The maximum atomic E-state index is 12.0. The average Bonchev–Trinajstić information content (AvgIpc) is 3.62. The monoisotopic (exact) mass is 591 g/mol. The first kappa shape index (κ1) is 30.0. The van der Waals surface area contributed by atoms with Crippen molar-refractivity contribution >= 4 is 56.8 Å². The number of hydrogen-bond donors (Lipinski definition) is 0. The number of carbonyl (C=O) groups excluding carboxylic acids is 2. The molecule has 41 heavy (non-hydrogen) atoms. The smallest absolute Gasteiger partial charge is 0.658 e. The third-order valence-electron chi connectivity index (χ3n) is 7.54. The summed E-state index contributed by atoms with van der Waals surface area (Å²) < 4.78 is 9.80. The van der Waals surface area contributed by atoms with Gasteiger partial charge in [-0.3, -0.25) is 9.59 Å². The first-order valence-electron chi connectivity index (χ1n) is 13.3. The number of aryl methyl sites for hydroxylation is 3. The molecule has 3 aromatic heterocycles. The topological polar surface area (TPSA) is 107 Å². The number of carbonyl (C=O) groups is 2. The van der Waals surface area contributed by atoms with Crippen molar-refractivity contribution in [3.8, 4) is 0 Å². The minimum atomic E-state index is -0.279. The fourth-order valence-corrected chi connectivity index (χ4v) is 5.15. The van der Waals surface area contributed by atoms with E-state index >= 15 is 0 Å². The van der Waals surface area contributed by atoms with E-state index < -0.39 is 0 Å². The molecule has 2 aliphatic rings. The molecule has 0 N–H and O–H groups in total. The van der Waals surface area contributed by atoms with Crippen LogP contribution < -0.4 is 9.97 Å². The molecule has 0 amide bonds. The van der Waals surface area contributed by atoms with Crippen LogP contribution in [0.5, 0.6) is 0 Å². The first-order valence-corrected chi connectivity index (χ1v) is 13.3. The summed E-state index contributed by atoms with van der Waals surface area (Å²) in [5, 5.41) is 0. The van der Waals surface area contributed by atoms with Crippen LogP contribution in [0.3, 0.4) is 0 Å². The van der Waals surface area contributed by atoms with E-state index in [2.05, 4.69) is 0 Å². The molecule has 0 atom stereocenters. The van der Waals surface area contributed by atoms with Crippen LogP contribution in [0.4, 0.5) is 0 Å². The Morgan fingerprint density at radius 2 is 1.44 bits per heavy atom. The molecule has 8 nitrogen and oxygen atoms in total. The molecule has 0 saturated heterocycles. The van der Waals surface area contributed by atoms with Crippen molar-refractivity contribution in [2.75, 3.05) is 14.2 Å². The van der Waals surface area contributed by atoms with Gasteiger partial charge in [-0.25, -0.2) is 9.97 Å². The average molecular weight is 592 g/mol. The van der Waals surface area contributed by atoms with Gasteiger partial charge in [0.1, 0.15) is 0 Å². The van der Waals surface area contributed by atoms with E-state index in [1.165, 1.54) is 14.2 Å². The predicted octanol–water partition coefficient (Wildman–Crippen LogP) is 5.74. The van der Waals surface area contributed by atoms with Crippen molar-refractivity contribution in [3.05, 3.63) is 69.8 Å². The molecule has 0 aliphatic carbocycles. The Hall–Kier alpha value is -3.94. The number of methoxy groups -OCH3 is 2. The second-order valence-electron chi connectivity index (χ2n) is 10.2. The zero-order chi connectivity index (χ0) is 28.6. The van der Waals surface area contributed by atoms with Crippen LogP contribution in [-0.4, -0.2) is 36.1 Å². The molecule has 1 radical (unpaired) electrons. The summed E-state index contributed by atoms with van der Waals surface area (Å²) in [6, 6.07) is 9.96. The molecule has 3 aromatic rings. The number of ether oxygens (including phenoxy) is 2. The predicted molar refractivity (Wildman–Crippen MR) is 156 cm³/mol. The second kappa shape index (κ2) is 12.3. The van der Waals surface area contributed by atoms with Crippen LogP contribution in [0.15, 0.2) is 30.3 Å².